The van der Waals surface area contributed by atoms with Crippen LogP contribution in [0.3, 0.4) is 0 Å². The van der Waals surface area contributed by atoms with Gasteiger partial charge in [-0.3, -0.25) is 0 Å². The highest BCUT2D eigenvalue weighted by molar-refractivity contribution is 9.10. The van der Waals surface area contributed by atoms with Gasteiger partial charge in [-0.1, -0.05) is 0 Å². The van der Waals surface area contributed by atoms with Gasteiger partial charge in [0.1, 0.15) is 11.8 Å². The molecule has 0 amide bonds. The van der Waals surface area contributed by atoms with Gasteiger partial charge in [0.25, 0.3) is 6.43 Å². The highest BCUT2D eigenvalue weighted by Crippen LogP contribution is 2.29. The molecule has 0 aliphatic heterocycles. The third-order valence-corrected chi connectivity index (χ3v) is 2.06. The number of nitriles is 1. The fourth-order valence-corrected chi connectivity index (χ4v) is 1.36. The summed E-state index contributed by atoms with van der Waals surface area (Å²) in [6, 6.07) is 2.90. The lowest BCUT2D eigenvalue weighted by Crippen LogP contribution is -1.99. The zero-order valence-corrected chi connectivity index (χ0v) is 8.68. The molecule has 74 valence electrons. The predicted molar refractivity (Wildman–Crippen MR) is 48.2 cm³/mol. The quantitative estimate of drug-likeness (QED) is 0.823. The minimum atomic E-state index is -2.79. The molecule has 0 fully saturated rings. The van der Waals surface area contributed by atoms with E-state index >= 15 is 0 Å². The van der Waals surface area contributed by atoms with Gasteiger partial charge in [-0.2, -0.15) is 5.26 Å². The zero-order valence-electron chi connectivity index (χ0n) is 7.09. The minimum Gasteiger partial charge on any atom is -0.480 e. The summed E-state index contributed by atoms with van der Waals surface area (Å²) >= 11 is 3.05. The van der Waals surface area contributed by atoms with E-state index in [9.17, 15) is 8.78 Å². The predicted octanol–water partition coefficient (Wildman–Crippen LogP) is 2.66. The van der Waals surface area contributed by atoms with Crippen molar-refractivity contribution in [1.82, 2.24) is 4.98 Å². The zero-order chi connectivity index (χ0) is 10.7. The van der Waals surface area contributed by atoms with Crippen LogP contribution in [0.1, 0.15) is 17.7 Å². The Morgan fingerprint density at radius 1 is 1.64 bits per heavy atom. The largest absolute Gasteiger partial charge is 0.480 e. The van der Waals surface area contributed by atoms with Crippen molar-refractivity contribution in [3.05, 3.63) is 21.8 Å². The molecule has 0 bridgehead atoms. The van der Waals surface area contributed by atoms with Crippen molar-refractivity contribution in [2.45, 2.75) is 6.43 Å². The first-order chi connectivity index (χ1) is 6.60. The van der Waals surface area contributed by atoms with Gasteiger partial charge >= 0.3 is 0 Å². The van der Waals surface area contributed by atoms with Gasteiger partial charge in [0.05, 0.1) is 17.1 Å². The van der Waals surface area contributed by atoms with E-state index in [1.165, 1.54) is 13.2 Å². The van der Waals surface area contributed by atoms with Gasteiger partial charge in [-0.05, 0) is 22.0 Å². The second-order valence-corrected chi connectivity index (χ2v) is 3.18. The average Bonchev–Trinajstić information content (AvgIpc) is 2.16. The molecule has 0 N–H and O–H groups in total. The van der Waals surface area contributed by atoms with Crippen LogP contribution < -0.4 is 4.74 Å². The molecule has 14 heavy (non-hydrogen) atoms. The lowest BCUT2D eigenvalue weighted by molar-refractivity contribution is 0.144. The van der Waals surface area contributed by atoms with E-state index in [0.717, 1.165) is 0 Å². The molecule has 0 aliphatic carbocycles. The summed E-state index contributed by atoms with van der Waals surface area (Å²) in [5.41, 5.74) is -0.722. The Balaban J connectivity index is 3.34. The summed E-state index contributed by atoms with van der Waals surface area (Å²) in [5.74, 6) is 0.0410. The lowest BCUT2D eigenvalue weighted by atomic mass is 10.2. The topological polar surface area (TPSA) is 45.9 Å². The van der Waals surface area contributed by atoms with Gasteiger partial charge < -0.3 is 4.74 Å². The molecule has 3 nitrogen and oxygen atoms in total. The van der Waals surface area contributed by atoms with E-state index < -0.39 is 12.1 Å². The summed E-state index contributed by atoms with van der Waals surface area (Å²) in [7, 11) is 1.31. The number of aromatic nitrogens is 1. The minimum absolute atomic E-state index is 0.0410. The standard InChI is InChI=1S/C8H5BrF2N2O/c1-14-8-5(9)2-4(3-12)6(13-8)7(10)11/h2,7H,1H3. The van der Waals surface area contributed by atoms with Crippen molar-refractivity contribution in [2.24, 2.45) is 0 Å². The van der Waals surface area contributed by atoms with Crippen LogP contribution in [0.4, 0.5) is 8.78 Å². The van der Waals surface area contributed by atoms with Crippen LogP contribution in [-0.2, 0) is 0 Å². The lowest BCUT2D eigenvalue weighted by Gasteiger charge is -2.06. The van der Waals surface area contributed by atoms with Gasteiger partial charge in [-0.15, -0.1) is 0 Å². The molecule has 0 radical (unpaired) electrons. The third kappa shape index (κ3) is 1.99. The number of methoxy groups -OCH3 is 1. The normalized spacial score (nSPS) is 10.0. The van der Waals surface area contributed by atoms with Crippen molar-refractivity contribution in [3.8, 4) is 11.9 Å². The summed E-state index contributed by atoms with van der Waals surface area (Å²) < 4.78 is 29.9. The Kier molecular flexibility index (Phi) is 3.36. The smallest absolute Gasteiger partial charge is 0.281 e. The van der Waals surface area contributed by atoms with Crippen molar-refractivity contribution in [1.29, 1.82) is 5.26 Å². The van der Waals surface area contributed by atoms with Crippen LogP contribution in [0.25, 0.3) is 0 Å². The van der Waals surface area contributed by atoms with Crippen molar-refractivity contribution in [3.63, 3.8) is 0 Å². The monoisotopic (exact) mass is 262 g/mol. The van der Waals surface area contributed by atoms with Crippen LogP contribution >= 0.6 is 15.9 Å². The van der Waals surface area contributed by atoms with Crippen LogP contribution in [-0.4, -0.2) is 12.1 Å². The maximum absolute atomic E-state index is 12.4. The van der Waals surface area contributed by atoms with Gasteiger partial charge in [0, 0.05) is 0 Å². The number of pyridine rings is 1. The molecule has 0 aromatic carbocycles. The molecule has 1 rings (SSSR count). The molecular weight excluding hydrogens is 258 g/mol. The van der Waals surface area contributed by atoms with Gasteiger partial charge in [0.2, 0.25) is 5.88 Å². The molecular formula is C8H5BrF2N2O. The molecule has 1 aromatic rings. The molecule has 0 aliphatic rings. The summed E-state index contributed by atoms with van der Waals surface area (Å²) in [6.07, 6.45) is -2.79. The van der Waals surface area contributed by atoms with Crippen LogP contribution in [0.5, 0.6) is 5.88 Å². The number of ether oxygens (including phenoxy) is 1. The SMILES string of the molecule is COc1nc(C(F)F)c(C#N)cc1Br. The Morgan fingerprint density at radius 2 is 2.29 bits per heavy atom. The maximum Gasteiger partial charge on any atom is 0.281 e. The highest BCUT2D eigenvalue weighted by atomic mass is 79.9. The molecule has 0 spiro atoms. The molecule has 1 aromatic heterocycles. The molecule has 0 saturated carbocycles. The summed E-state index contributed by atoms with van der Waals surface area (Å²) in [5, 5.41) is 8.57. The van der Waals surface area contributed by atoms with E-state index in [-0.39, 0.29) is 11.4 Å². The fraction of sp³-hybridized carbons (Fsp3) is 0.250. The van der Waals surface area contributed by atoms with E-state index in [0.29, 0.717) is 4.47 Å². The second kappa shape index (κ2) is 4.33. The number of alkyl halides is 2. The number of rotatable bonds is 2. The maximum atomic E-state index is 12.4. The first-order valence-corrected chi connectivity index (χ1v) is 4.32. The first-order valence-electron chi connectivity index (χ1n) is 3.52. The third-order valence-electron chi connectivity index (χ3n) is 1.49. The summed E-state index contributed by atoms with van der Waals surface area (Å²) in [6.45, 7) is 0. The molecule has 0 saturated heterocycles. The second-order valence-electron chi connectivity index (χ2n) is 2.32. The molecule has 1 heterocycles. The molecule has 6 heteroatoms. The van der Waals surface area contributed by atoms with E-state index in [1.807, 2.05) is 0 Å². The van der Waals surface area contributed by atoms with Crippen LogP contribution in [0, 0.1) is 11.3 Å². The Bertz CT molecular complexity index is 390. The highest BCUT2D eigenvalue weighted by Gasteiger charge is 2.18. The Hall–Kier alpha value is -1.22. The average molecular weight is 263 g/mol. The molecule has 0 unspecified atom stereocenters. The number of hydrogen-bond donors (Lipinski definition) is 0. The first kappa shape index (κ1) is 10.9. The fourth-order valence-electron chi connectivity index (χ4n) is 0.884. The van der Waals surface area contributed by atoms with Crippen LogP contribution in [0.2, 0.25) is 0 Å². The number of hydrogen-bond acceptors (Lipinski definition) is 3. The van der Waals surface area contributed by atoms with Gasteiger partial charge in [0.15, 0.2) is 0 Å². The Morgan fingerprint density at radius 3 is 2.71 bits per heavy atom. The number of nitrogens with zero attached hydrogens (tertiary/aromatic N) is 2. The van der Waals surface area contributed by atoms with Gasteiger partial charge in [-0.25, -0.2) is 13.8 Å². The van der Waals surface area contributed by atoms with Crippen molar-refractivity contribution >= 4 is 15.9 Å². The Labute approximate surface area is 87.5 Å². The number of halogens is 3. The van der Waals surface area contributed by atoms with Crippen molar-refractivity contribution < 1.29 is 13.5 Å². The van der Waals surface area contributed by atoms with E-state index in [2.05, 4.69) is 20.9 Å². The van der Waals surface area contributed by atoms with Crippen molar-refractivity contribution in [2.75, 3.05) is 7.11 Å². The van der Waals surface area contributed by atoms with E-state index in [4.69, 9.17) is 10.00 Å². The molecule has 0 atom stereocenters. The van der Waals surface area contributed by atoms with E-state index in [1.54, 1.807) is 6.07 Å². The van der Waals surface area contributed by atoms with Crippen LogP contribution in [0.15, 0.2) is 10.5 Å². The summed E-state index contributed by atoms with van der Waals surface area (Å²) in [4.78, 5) is 3.52.